The van der Waals surface area contributed by atoms with Gasteiger partial charge in [-0.3, -0.25) is 0 Å². The van der Waals surface area contributed by atoms with Gasteiger partial charge >= 0.3 is 6.03 Å². The number of rotatable bonds is 1. The monoisotopic (exact) mass is 252 g/mol. The standard InChI is InChI=1S/C13H17FN2O2/c1-15(2)13(17)16-7-8-18-12(9-16)10-5-3-4-6-11(10)14/h3-6,12H,7-9H2,1-2H3. The second-order valence-electron chi connectivity index (χ2n) is 4.50. The number of benzene rings is 1. The van der Waals surface area contributed by atoms with E-state index in [2.05, 4.69) is 0 Å². The van der Waals surface area contributed by atoms with Crippen molar-refractivity contribution in [2.75, 3.05) is 33.8 Å². The topological polar surface area (TPSA) is 32.8 Å². The summed E-state index contributed by atoms with van der Waals surface area (Å²) < 4.78 is 19.2. The molecule has 0 spiro atoms. The molecule has 1 aromatic carbocycles. The second kappa shape index (κ2) is 5.35. The lowest BCUT2D eigenvalue weighted by atomic mass is 10.1. The van der Waals surface area contributed by atoms with E-state index in [-0.39, 0.29) is 18.0 Å². The third-order valence-corrected chi connectivity index (χ3v) is 2.97. The SMILES string of the molecule is CN(C)C(=O)N1CCOC(c2ccccc2F)C1. The zero-order valence-corrected chi connectivity index (χ0v) is 10.6. The Kier molecular flexibility index (Phi) is 3.81. The molecule has 4 nitrogen and oxygen atoms in total. The average molecular weight is 252 g/mol. The van der Waals surface area contributed by atoms with Crippen LogP contribution in [0.3, 0.4) is 0 Å². The normalized spacial score (nSPS) is 19.7. The van der Waals surface area contributed by atoms with Gasteiger partial charge in [-0.2, -0.15) is 0 Å². The predicted octanol–water partition coefficient (Wildman–Crippen LogP) is 1.88. The molecule has 0 bridgehead atoms. The molecular weight excluding hydrogens is 235 g/mol. The molecule has 2 rings (SSSR count). The molecule has 1 unspecified atom stereocenters. The molecule has 0 N–H and O–H groups in total. The van der Waals surface area contributed by atoms with Crippen LogP contribution in [0, 0.1) is 5.82 Å². The van der Waals surface area contributed by atoms with Crippen molar-refractivity contribution in [3.8, 4) is 0 Å². The van der Waals surface area contributed by atoms with Crippen LogP contribution in [0.1, 0.15) is 11.7 Å². The maximum Gasteiger partial charge on any atom is 0.319 e. The van der Waals surface area contributed by atoms with Crippen LogP contribution in [0.5, 0.6) is 0 Å². The zero-order valence-electron chi connectivity index (χ0n) is 10.6. The lowest BCUT2D eigenvalue weighted by Gasteiger charge is -2.34. The van der Waals surface area contributed by atoms with Gasteiger partial charge in [0.25, 0.3) is 0 Å². The van der Waals surface area contributed by atoms with Gasteiger partial charge < -0.3 is 14.5 Å². The quantitative estimate of drug-likeness (QED) is 0.764. The van der Waals surface area contributed by atoms with E-state index in [1.54, 1.807) is 37.2 Å². The van der Waals surface area contributed by atoms with Crippen LogP contribution in [0.25, 0.3) is 0 Å². The molecule has 1 saturated heterocycles. The Hall–Kier alpha value is -1.62. The Labute approximate surface area is 106 Å². The lowest BCUT2D eigenvalue weighted by Crippen LogP contribution is -2.46. The Balaban J connectivity index is 2.12. The van der Waals surface area contributed by atoms with Gasteiger partial charge in [0.05, 0.1) is 13.2 Å². The number of hydrogen-bond acceptors (Lipinski definition) is 2. The first-order valence-electron chi connectivity index (χ1n) is 5.92. The van der Waals surface area contributed by atoms with Gasteiger partial charge in [-0.05, 0) is 6.07 Å². The molecule has 98 valence electrons. The van der Waals surface area contributed by atoms with Crippen molar-refractivity contribution >= 4 is 6.03 Å². The van der Waals surface area contributed by atoms with Crippen LogP contribution < -0.4 is 0 Å². The molecule has 1 heterocycles. The van der Waals surface area contributed by atoms with Crippen molar-refractivity contribution in [3.05, 3.63) is 35.6 Å². The van der Waals surface area contributed by atoms with Gasteiger partial charge in [-0.25, -0.2) is 9.18 Å². The van der Waals surface area contributed by atoms with Crippen molar-refractivity contribution in [1.29, 1.82) is 0 Å². The largest absolute Gasteiger partial charge is 0.370 e. The van der Waals surface area contributed by atoms with Gasteiger partial charge in [-0.15, -0.1) is 0 Å². The summed E-state index contributed by atoms with van der Waals surface area (Å²) >= 11 is 0. The van der Waals surface area contributed by atoms with Gasteiger partial charge in [0.1, 0.15) is 11.9 Å². The Morgan fingerprint density at radius 2 is 2.17 bits per heavy atom. The molecule has 0 aliphatic carbocycles. The van der Waals surface area contributed by atoms with Crippen LogP contribution in [0.15, 0.2) is 24.3 Å². The van der Waals surface area contributed by atoms with Crippen LogP contribution in [-0.4, -0.2) is 49.6 Å². The van der Waals surface area contributed by atoms with Crippen molar-refractivity contribution in [1.82, 2.24) is 9.80 Å². The minimum atomic E-state index is -0.385. The number of urea groups is 1. The Morgan fingerprint density at radius 3 is 2.83 bits per heavy atom. The first kappa shape index (κ1) is 12.8. The summed E-state index contributed by atoms with van der Waals surface area (Å²) in [5.41, 5.74) is 0.508. The first-order valence-corrected chi connectivity index (χ1v) is 5.92. The Bertz CT molecular complexity index is 437. The molecule has 1 aliphatic heterocycles. The fourth-order valence-corrected chi connectivity index (χ4v) is 2.03. The summed E-state index contributed by atoms with van der Waals surface area (Å²) in [7, 11) is 3.41. The Morgan fingerprint density at radius 1 is 1.44 bits per heavy atom. The van der Waals surface area contributed by atoms with E-state index in [0.717, 1.165) is 0 Å². The van der Waals surface area contributed by atoms with Gasteiger partial charge in [-0.1, -0.05) is 18.2 Å². The summed E-state index contributed by atoms with van der Waals surface area (Å²) in [5.74, 6) is -0.290. The highest BCUT2D eigenvalue weighted by Crippen LogP contribution is 2.24. The molecule has 1 fully saturated rings. The molecule has 1 aromatic rings. The number of halogens is 1. The molecule has 0 saturated carbocycles. The second-order valence-corrected chi connectivity index (χ2v) is 4.50. The van der Waals surface area contributed by atoms with Crippen LogP contribution in [-0.2, 0) is 4.74 Å². The lowest BCUT2D eigenvalue weighted by molar-refractivity contribution is -0.0205. The van der Waals surface area contributed by atoms with Gasteiger partial charge in [0.15, 0.2) is 0 Å². The molecule has 18 heavy (non-hydrogen) atoms. The fourth-order valence-electron chi connectivity index (χ4n) is 2.03. The summed E-state index contributed by atoms with van der Waals surface area (Å²) in [6.07, 6.45) is -0.385. The van der Waals surface area contributed by atoms with Crippen molar-refractivity contribution < 1.29 is 13.9 Å². The van der Waals surface area contributed by atoms with Crippen LogP contribution >= 0.6 is 0 Å². The van der Waals surface area contributed by atoms with E-state index in [1.807, 2.05) is 0 Å². The number of carbonyl (C=O) groups excluding carboxylic acids is 1. The molecular formula is C13H17FN2O2. The minimum absolute atomic E-state index is 0.0698. The van der Waals surface area contributed by atoms with Crippen molar-refractivity contribution in [2.45, 2.75) is 6.10 Å². The fraction of sp³-hybridized carbons (Fsp3) is 0.462. The number of ether oxygens (including phenoxy) is 1. The van der Waals surface area contributed by atoms with E-state index < -0.39 is 0 Å². The number of amides is 2. The number of morpholine rings is 1. The van der Waals surface area contributed by atoms with Crippen molar-refractivity contribution in [3.63, 3.8) is 0 Å². The molecule has 0 radical (unpaired) electrons. The van der Waals surface area contributed by atoms with E-state index in [1.165, 1.54) is 11.0 Å². The summed E-state index contributed by atoms with van der Waals surface area (Å²) in [5, 5.41) is 0. The summed E-state index contributed by atoms with van der Waals surface area (Å²) in [6, 6.07) is 6.45. The van der Waals surface area contributed by atoms with E-state index in [0.29, 0.717) is 25.3 Å². The number of hydrogen-bond donors (Lipinski definition) is 0. The molecule has 2 amide bonds. The van der Waals surface area contributed by atoms with E-state index >= 15 is 0 Å². The summed E-state index contributed by atoms with van der Waals surface area (Å²) in [6.45, 7) is 1.36. The van der Waals surface area contributed by atoms with E-state index in [4.69, 9.17) is 4.74 Å². The van der Waals surface area contributed by atoms with Crippen LogP contribution in [0.4, 0.5) is 9.18 Å². The smallest absolute Gasteiger partial charge is 0.319 e. The zero-order chi connectivity index (χ0) is 13.1. The number of nitrogens with zero attached hydrogens (tertiary/aromatic N) is 2. The minimum Gasteiger partial charge on any atom is -0.370 e. The highest BCUT2D eigenvalue weighted by molar-refractivity contribution is 5.74. The highest BCUT2D eigenvalue weighted by atomic mass is 19.1. The predicted molar refractivity (Wildman–Crippen MR) is 65.7 cm³/mol. The number of carbonyl (C=O) groups is 1. The van der Waals surface area contributed by atoms with Crippen LogP contribution in [0.2, 0.25) is 0 Å². The molecule has 1 atom stereocenters. The molecule has 1 aliphatic rings. The van der Waals surface area contributed by atoms with Gasteiger partial charge in [0.2, 0.25) is 0 Å². The van der Waals surface area contributed by atoms with E-state index in [9.17, 15) is 9.18 Å². The van der Waals surface area contributed by atoms with Gasteiger partial charge in [0, 0.05) is 26.2 Å². The molecule has 5 heteroatoms. The van der Waals surface area contributed by atoms with Crippen molar-refractivity contribution in [2.24, 2.45) is 0 Å². The maximum absolute atomic E-state index is 13.7. The maximum atomic E-state index is 13.7. The highest BCUT2D eigenvalue weighted by Gasteiger charge is 2.27. The third kappa shape index (κ3) is 2.61. The average Bonchev–Trinajstić information content (AvgIpc) is 2.38. The third-order valence-electron chi connectivity index (χ3n) is 2.97. The summed E-state index contributed by atoms with van der Waals surface area (Å²) in [4.78, 5) is 15.1. The first-order chi connectivity index (χ1) is 8.59. The molecule has 0 aromatic heterocycles.